The van der Waals surface area contributed by atoms with E-state index >= 15 is 0 Å². The molecule has 1 nitrogen and oxygen atoms in total. The summed E-state index contributed by atoms with van der Waals surface area (Å²) in [6.07, 6.45) is -1.58. The molecule has 106 valence electrons. The monoisotopic (exact) mass is 272 g/mol. The Balaban J connectivity index is 2.56. The molecule has 0 aliphatic rings. The van der Waals surface area contributed by atoms with Crippen LogP contribution < -0.4 is 0 Å². The van der Waals surface area contributed by atoms with E-state index in [1.54, 1.807) is 0 Å². The van der Waals surface area contributed by atoms with Crippen molar-refractivity contribution in [3.05, 3.63) is 35.4 Å². The van der Waals surface area contributed by atoms with Crippen molar-refractivity contribution in [1.29, 1.82) is 0 Å². The molecule has 0 amide bonds. The molecule has 0 aliphatic heterocycles. The topological polar surface area (TPSA) is 17.1 Å². The zero-order chi connectivity index (χ0) is 14.5. The van der Waals surface area contributed by atoms with E-state index in [2.05, 4.69) is 6.92 Å². The number of ketones is 1. The summed E-state index contributed by atoms with van der Waals surface area (Å²) in [5.74, 6) is 0.424. The van der Waals surface area contributed by atoms with E-state index in [0.29, 0.717) is 17.9 Å². The lowest BCUT2D eigenvalue weighted by atomic mass is 9.96. The van der Waals surface area contributed by atoms with Crippen molar-refractivity contribution in [2.24, 2.45) is 5.92 Å². The van der Waals surface area contributed by atoms with Gasteiger partial charge in [0.1, 0.15) is 5.78 Å². The van der Waals surface area contributed by atoms with Gasteiger partial charge in [0.15, 0.2) is 0 Å². The predicted octanol–water partition coefficient (Wildman–Crippen LogP) is 4.64. The summed E-state index contributed by atoms with van der Waals surface area (Å²) in [6, 6.07) is 4.81. The van der Waals surface area contributed by atoms with E-state index in [4.69, 9.17) is 0 Å². The van der Waals surface area contributed by atoms with Crippen LogP contribution in [-0.2, 0) is 17.4 Å². The minimum Gasteiger partial charge on any atom is -0.299 e. The van der Waals surface area contributed by atoms with Crippen LogP contribution in [0.15, 0.2) is 24.3 Å². The molecule has 1 rings (SSSR count). The highest BCUT2D eigenvalue weighted by Crippen LogP contribution is 2.29. The van der Waals surface area contributed by atoms with Gasteiger partial charge in [-0.25, -0.2) is 0 Å². The van der Waals surface area contributed by atoms with Crippen LogP contribution >= 0.6 is 0 Å². The third-order valence-corrected chi connectivity index (χ3v) is 3.04. The lowest BCUT2D eigenvalue weighted by molar-refractivity contribution is -0.137. The third kappa shape index (κ3) is 5.45. The molecule has 0 aliphatic carbocycles. The number of alkyl halides is 3. The Kier molecular flexibility index (Phi) is 5.58. The molecule has 1 aromatic carbocycles. The predicted molar refractivity (Wildman–Crippen MR) is 68.8 cm³/mol. The van der Waals surface area contributed by atoms with Crippen LogP contribution in [0, 0.1) is 5.92 Å². The van der Waals surface area contributed by atoms with Gasteiger partial charge in [0, 0.05) is 12.8 Å². The molecule has 0 bridgehead atoms. The van der Waals surface area contributed by atoms with Gasteiger partial charge in [-0.1, -0.05) is 38.8 Å². The molecule has 0 saturated carbocycles. The smallest absolute Gasteiger partial charge is 0.299 e. The van der Waals surface area contributed by atoms with Gasteiger partial charge in [-0.2, -0.15) is 13.2 Å². The van der Waals surface area contributed by atoms with Crippen LogP contribution in [-0.4, -0.2) is 5.78 Å². The summed E-state index contributed by atoms with van der Waals surface area (Å²) >= 11 is 0. The number of benzene rings is 1. The van der Waals surface area contributed by atoms with Crippen molar-refractivity contribution in [2.75, 3.05) is 0 Å². The molecule has 1 atom stereocenters. The average Bonchev–Trinajstić information content (AvgIpc) is 2.28. The standard InChI is InChI=1S/C15H19F3O/c1-3-4-11(2)9-14(19)10-12-5-7-13(8-6-12)15(16,17)18/h5-8,11H,3-4,9-10H2,1-2H3. The molecule has 0 N–H and O–H groups in total. The van der Waals surface area contributed by atoms with Crippen LogP contribution in [0.1, 0.15) is 44.2 Å². The highest BCUT2D eigenvalue weighted by Gasteiger charge is 2.29. The maximum atomic E-state index is 12.4. The maximum absolute atomic E-state index is 12.4. The summed E-state index contributed by atoms with van der Waals surface area (Å²) in [5.41, 5.74) is -0.0373. The number of hydrogen-bond donors (Lipinski definition) is 0. The first-order valence-electron chi connectivity index (χ1n) is 6.50. The van der Waals surface area contributed by atoms with Gasteiger partial charge in [0.2, 0.25) is 0 Å². The number of carbonyl (C=O) groups excluding carboxylic acids is 1. The lowest BCUT2D eigenvalue weighted by Gasteiger charge is -2.10. The Hall–Kier alpha value is -1.32. The molecule has 1 aromatic rings. The van der Waals surface area contributed by atoms with Crippen molar-refractivity contribution in [1.82, 2.24) is 0 Å². The zero-order valence-electron chi connectivity index (χ0n) is 11.3. The average molecular weight is 272 g/mol. The van der Waals surface area contributed by atoms with Gasteiger partial charge >= 0.3 is 6.18 Å². The second kappa shape index (κ2) is 6.73. The fourth-order valence-corrected chi connectivity index (χ4v) is 2.09. The van der Waals surface area contributed by atoms with Gasteiger partial charge in [-0.05, 0) is 23.6 Å². The summed E-state index contributed by atoms with van der Waals surface area (Å²) in [6.45, 7) is 4.09. The molecular formula is C15H19F3O. The van der Waals surface area contributed by atoms with E-state index in [1.165, 1.54) is 12.1 Å². The van der Waals surface area contributed by atoms with Gasteiger partial charge in [-0.3, -0.25) is 4.79 Å². The maximum Gasteiger partial charge on any atom is 0.416 e. The van der Waals surface area contributed by atoms with Crippen molar-refractivity contribution in [3.8, 4) is 0 Å². The van der Waals surface area contributed by atoms with Crippen LogP contribution in [0.2, 0.25) is 0 Å². The second-order valence-electron chi connectivity index (χ2n) is 5.01. The van der Waals surface area contributed by atoms with Gasteiger partial charge in [0.05, 0.1) is 5.56 Å². The summed E-state index contributed by atoms with van der Waals surface area (Å²) in [5, 5.41) is 0. The molecule has 0 saturated heterocycles. The Bertz CT molecular complexity index is 406. The lowest BCUT2D eigenvalue weighted by Crippen LogP contribution is -2.09. The Morgan fingerprint density at radius 2 is 1.79 bits per heavy atom. The number of carbonyl (C=O) groups is 1. The van der Waals surface area contributed by atoms with E-state index in [1.807, 2.05) is 6.92 Å². The van der Waals surface area contributed by atoms with Gasteiger partial charge in [-0.15, -0.1) is 0 Å². The SMILES string of the molecule is CCCC(C)CC(=O)Cc1ccc(C(F)(F)F)cc1. The van der Waals surface area contributed by atoms with Crippen molar-refractivity contribution < 1.29 is 18.0 Å². The van der Waals surface area contributed by atoms with Gasteiger partial charge in [0.25, 0.3) is 0 Å². The fraction of sp³-hybridized carbons (Fsp3) is 0.533. The van der Waals surface area contributed by atoms with Crippen LogP contribution in [0.4, 0.5) is 13.2 Å². The number of Topliss-reactive ketones (excluding diaryl/α,β-unsaturated/α-hetero) is 1. The van der Waals surface area contributed by atoms with E-state index in [0.717, 1.165) is 25.0 Å². The number of halogens is 3. The van der Waals surface area contributed by atoms with Crippen LogP contribution in [0.25, 0.3) is 0 Å². The largest absolute Gasteiger partial charge is 0.416 e. The quantitative estimate of drug-likeness (QED) is 0.737. The Morgan fingerprint density at radius 1 is 1.21 bits per heavy atom. The van der Waals surface area contributed by atoms with Crippen molar-refractivity contribution in [2.45, 2.75) is 45.7 Å². The first-order chi connectivity index (χ1) is 8.82. The van der Waals surface area contributed by atoms with Crippen LogP contribution in [0.5, 0.6) is 0 Å². The first kappa shape index (κ1) is 15.7. The molecule has 0 heterocycles. The Labute approximate surface area is 111 Å². The number of rotatable bonds is 6. The molecule has 0 fully saturated rings. The molecule has 1 unspecified atom stereocenters. The van der Waals surface area contributed by atoms with Crippen molar-refractivity contribution >= 4 is 5.78 Å². The van der Waals surface area contributed by atoms with E-state index in [9.17, 15) is 18.0 Å². The summed E-state index contributed by atoms with van der Waals surface area (Å²) < 4.78 is 37.1. The highest BCUT2D eigenvalue weighted by molar-refractivity contribution is 5.81. The highest BCUT2D eigenvalue weighted by atomic mass is 19.4. The van der Waals surface area contributed by atoms with E-state index in [-0.39, 0.29) is 12.2 Å². The molecule has 4 heteroatoms. The normalized spacial score (nSPS) is 13.3. The summed E-state index contributed by atoms with van der Waals surface area (Å²) in [7, 11) is 0. The van der Waals surface area contributed by atoms with E-state index < -0.39 is 11.7 Å². The first-order valence-corrected chi connectivity index (χ1v) is 6.50. The van der Waals surface area contributed by atoms with Crippen molar-refractivity contribution in [3.63, 3.8) is 0 Å². The molecule has 0 radical (unpaired) electrons. The summed E-state index contributed by atoms with van der Waals surface area (Å²) in [4.78, 5) is 11.8. The molecule has 0 spiro atoms. The molecule has 0 aromatic heterocycles. The fourth-order valence-electron chi connectivity index (χ4n) is 2.09. The Morgan fingerprint density at radius 3 is 2.26 bits per heavy atom. The number of hydrogen-bond acceptors (Lipinski definition) is 1. The molecule has 19 heavy (non-hydrogen) atoms. The zero-order valence-corrected chi connectivity index (χ0v) is 11.3. The van der Waals surface area contributed by atoms with Gasteiger partial charge < -0.3 is 0 Å². The minimum atomic E-state index is -4.32. The molecular weight excluding hydrogens is 253 g/mol. The van der Waals surface area contributed by atoms with Crippen LogP contribution in [0.3, 0.4) is 0 Å². The minimum absolute atomic E-state index is 0.0840. The third-order valence-electron chi connectivity index (χ3n) is 3.04. The second-order valence-corrected chi connectivity index (χ2v) is 5.01.